The van der Waals surface area contributed by atoms with Gasteiger partial charge in [0.25, 0.3) is 0 Å². The Balaban J connectivity index is 1.37. The fourth-order valence-corrected chi connectivity index (χ4v) is 5.06. The van der Waals surface area contributed by atoms with Gasteiger partial charge in [-0.25, -0.2) is 9.48 Å². The molecule has 0 atom stereocenters. The van der Waals surface area contributed by atoms with Gasteiger partial charge >= 0.3 is 5.69 Å². The molecule has 1 saturated carbocycles. The fourth-order valence-electron chi connectivity index (χ4n) is 5.06. The molecule has 0 aliphatic heterocycles. The van der Waals surface area contributed by atoms with Gasteiger partial charge in [0.15, 0.2) is 5.82 Å². The number of tetrazole rings is 1. The molecule has 1 fully saturated rings. The minimum absolute atomic E-state index is 0.0342. The van der Waals surface area contributed by atoms with Crippen LogP contribution in [0.4, 0.5) is 0 Å². The van der Waals surface area contributed by atoms with E-state index >= 15 is 0 Å². The summed E-state index contributed by atoms with van der Waals surface area (Å²) in [6, 6.07) is 16.3. The number of aromatic amines is 1. The van der Waals surface area contributed by atoms with Gasteiger partial charge in [-0.05, 0) is 46.7 Å². The van der Waals surface area contributed by atoms with E-state index in [0.717, 1.165) is 40.9 Å². The first-order valence-electron chi connectivity index (χ1n) is 13.0. The molecule has 8 heteroatoms. The van der Waals surface area contributed by atoms with Crippen LogP contribution in [0, 0.1) is 5.92 Å². The molecule has 5 rings (SSSR count). The van der Waals surface area contributed by atoms with Crippen molar-refractivity contribution < 1.29 is 0 Å². The predicted octanol–water partition coefficient (Wildman–Crippen LogP) is 5.33. The van der Waals surface area contributed by atoms with E-state index in [1.165, 1.54) is 32.1 Å². The minimum Gasteiger partial charge on any atom is -0.271 e. The van der Waals surface area contributed by atoms with Crippen LogP contribution in [0.15, 0.2) is 59.4 Å². The van der Waals surface area contributed by atoms with Crippen molar-refractivity contribution in [1.82, 2.24) is 35.0 Å². The van der Waals surface area contributed by atoms with Crippen molar-refractivity contribution >= 4 is 6.08 Å². The van der Waals surface area contributed by atoms with Crippen molar-refractivity contribution in [3.8, 4) is 22.5 Å². The van der Waals surface area contributed by atoms with Gasteiger partial charge in [-0.15, -0.1) is 10.2 Å². The van der Waals surface area contributed by atoms with Gasteiger partial charge < -0.3 is 0 Å². The van der Waals surface area contributed by atoms with Crippen LogP contribution < -0.4 is 5.69 Å². The van der Waals surface area contributed by atoms with Crippen molar-refractivity contribution in [1.29, 1.82) is 0 Å². The lowest BCUT2D eigenvalue weighted by molar-refractivity contribution is 0.316. The molecule has 0 radical (unpaired) electrons. The molecular weight excluding hydrogens is 450 g/mol. The first kappa shape index (κ1) is 23.9. The summed E-state index contributed by atoms with van der Waals surface area (Å²) >= 11 is 0. The van der Waals surface area contributed by atoms with Crippen LogP contribution in [0.5, 0.6) is 0 Å². The maximum atomic E-state index is 13.3. The van der Waals surface area contributed by atoms with Gasteiger partial charge in [-0.3, -0.25) is 4.57 Å². The van der Waals surface area contributed by atoms with Gasteiger partial charge in [-0.1, -0.05) is 93.6 Å². The summed E-state index contributed by atoms with van der Waals surface area (Å²) in [5.41, 5.74) is 4.02. The number of aromatic nitrogens is 7. The largest absolute Gasteiger partial charge is 0.346 e. The summed E-state index contributed by atoms with van der Waals surface area (Å²) in [5.74, 6) is 2.00. The number of H-pyrrole nitrogens is 1. The lowest BCUT2D eigenvalue weighted by Crippen LogP contribution is -2.26. The predicted molar refractivity (Wildman–Crippen MR) is 141 cm³/mol. The summed E-state index contributed by atoms with van der Waals surface area (Å²) < 4.78 is 3.45. The Hall–Kier alpha value is -3.81. The smallest absolute Gasteiger partial charge is 0.271 e. The van der Waals surface area contributed by atoms with Crippen molar-refractivity contribution in [2.75, 3.05) is 0 Å². The molecule has 2 aromatic heterocycles. The lowest BCUT2D eigenvalue weighted by atomic mass is 9.87. The number of aryl methyl sites for hydroxylation is 1. The molecule has 1 aliphatic rings. The van der Waals surface area contributed by atoms with Crippen molar-refractivity contribution in [2.24, 2.45) is 5.92 Å². The molecule has 4 aromatic rings. The Morgan fingerprint density at radius 3 is 2.53 bits per heavy atom. The number of hydrogen-bond acceptors (Lipinski definition) is 5. The van der Waals surface area contributed by atoms with Crippen LogP contribution in [0.2, 0.25) is 0 Å². The molecule has 0 spiro atoms. The number of nitrogens with one attached hydrogen (secondary N) is 1. The second-order valence-electron chi connectivity index (χ2n) is 9.53. The highest BCUT2D eigenvalue weighted by atomic mass is 16.2. The molecule has 8 nitrogen and oxygen atoms in total. The molecule has 2 heterocycles. The highest BCUT2D eigenvalue weighted by molar-refractivity contribution is 5.80. The summed E-state index contributed by atoms with van der Waals surface area (Å²) in [4.78, 5) is 13.3. The molecular formula is C28H33N7O. The molecule has 186 valence electrons. The van der Waals surface area contributed by atoms with E-state index in [0.29, 0.717) is 24.8 Å². The van der Waals surface area contributed by atoms with Gasteiger partial charge in [-0.2, -0.15) is 10.3 Å². The highest BCUT2D eigenvalue weighted by Gasteiger charge is 2.17. The van der Waals surface area contributed by atoms with Crippen LogP contribution in [0.1, 0.15) is 63.3 Å². The van der Waals surface area contributed by atoms with Crippen LogP contribution in [-0.4, -0.2) is 35.0 Å². The Labute approximate surface area is 211 Å². The second-order valence-corrected chi connectivity index (χ2v) is 9.53. The first-order valence-corrected chi connectivity index (χ1v) is 13.0. The summed E-state index contributed by atoms with van der Waals surface area (Å²) in [5, 5.41) is 19.2. The fraction of sp³-hybridized carbons (Fsp3) is 0.393. The summed E-state index contributed by atoms with van der Waals surface area (Å²) in [6.45, 7) is 3.26. The molecule has 1 aliphatic carbocycles. The topological polar surface area (TPSA) is 94.3 Å². The zero-order valence-electron chi connectivity index (χ0n) is 20.8. The van der Waals surface area contributed by atoms with Crippen LogP contribution >= 0.6 is 0 Å². The lowest BCUT2D eigenvalue weighted by Gasteiger charge is -2.20. The highest BCUT2D eigenvalue weighted by Crippen LogP contribution is 2.30. The van der Waals surface area contributed by atoms with Gasteiger partial charge in [0.1, 0.15) is 0 Å². The van der Waals surface area contributed by atoms with Crippen LogP contribution in [0.3, 0.4) is 0 Å². The Bertz CT molecular complexity index is 1340. The zero-order valence-corrected chi connectivity index (χ0v) is 20.8. The quantitative estimate of drug-likeness (QED) is 0.347. The second kappa shape index (κ2) is 11.3. The van der Waals surface area contributed by atoms with Crippen molar-refractivity contribution in [2.45, 2.75) is 65.0 Å². The molecule has 0 bridgehead atoms. The van der Waals surface area contributed by atoms with Crippen molar-refractivity contribution in [3.05, 3.63) is 76.5 Å². The normalized spacial score (nSPS) is 14.6. The summed E-state index contributed by atoms with van der Waals surface area (Å²) in [7, 11) is 0. The van der Waals surface area contributed by atoms with E-state index in [1.54, 1.807) is 9.25 Å². The first-order chi connectivity index (χ1) is 17.7. The monoisotopic (exact) mass is 483 g/mol. The Kier molecular flexibility index (Phi) is 7.50. The molecule has 36 heavy (non-hydrogen) atoms. The molecule has 0 amide bonds. The van der Waals surface area contributed by atoms with Crippen LogP contribution in [0.25, 0.3) is 28.6 Å². The zero-order chi connectivity index (χ0) is 24.7. The van der Waals surface area contributed by atoms with E-state index in [4.69, 9.17) is 5.10 Å². The summed E-state index contributed by atoms with van der Waals surface area (Å²) in [6.07, 6.45) is 12.5. The van der Waals surface area contributed by atoms with Gasteiger partial charge in [0, 0.05) is 12.1 Å². The van der Waals surface area contributed by atoms with Gasteiger partial charge in [0.2, 0.25) is 5.82 Å². The standard InChI is InChI=1S/C28H33N7O/c1-2-3-13-26-31-35(19-18-21-9-5-4-6-10-21)28(36)34(26)20-22-14-16-23(17-15-22)24-11-7-8-12-25(24)27-29-32-33-30-27/h3,7-8,11-17,21H,2,4-6,9-10,18-20H2,1H3,(H,29,30,32,33). The maximum Gasteiger partial charge on any atom is 0.346 e. The molecule has 2 aromatic carbocycles. The number of hydrogen-bond donors (Lipinski definition) is 1. The van der Waals surface area contributed by atoms with E-state index in [2.05, 4.69) is 64.0 Å². The average Bonchev–Trinajstić information content (AvgIpc) is 3.56. The van der Waals surface area contributed by atoms with E-state index in [-0.39, 0.29) is 5.69 Å². The number of nitrogens with zero attached hydrogens (tertiary/aromatic N) is 6. The number of allylic oxidation sites excluding steroid dienone is 1. The number of rotatable bonds is 9. The molecule has 0 unspecified atom stereocenters. The molecule has 1 N–H and O–H groups in total. The van der Waals surface area contributed by atoms with E-state index in [1.807, 2.05) is 24.3 Å². The van der Waals surface area contributed by atoms with Crippen molar-refractivity contribution in [3.63, 3.8) is 0 Å². The maximum absolute atomic E-state index is 13.3. The minimum atomic E-state index is -0.0342. The van der Waals surface area contributed by atoms with E-state index < -0.39 is 0 Å². The average molecular weight is 484 g/mol. The van der Waals surface area contributed by atoms with Crippen LogP contribution in [-0.2, 0) is 13.1 Å². The SMILES string of the molecule is CCC=Cc1nn(CCC2CCCCC2)c(=O)n1Cc1ccc(-c2ccccc2-c2nn[nH]n2)cc1. The third-order valence-corrected chi connectivity index (χ3v) is 7.05. The third kappa shape index (κ3) is 5.37. The number of benzene rings is 2. The Morgan fingerprint density at radius 1 is 1.03 bits per heavy atom. The van der Waals surface area contributed by atoms with E-state index in [9.17, 15) is 4.79 Å². The Morgan fingerprint density at radius 2 is 1.81 bits per heavy atom. The molecule has 0 saturated heterocycles. The van der Waals surface area contributed by atoms with Gasteiger partial charge in [0.05, 0.1) is 6.54 Å². The third-order valence-electron chi connectivity index (χ3n) is 7.05.